The fourth-order valence-electron chi connectivity index (χ4n) is 2.51. The summed E-state index contributed by atoms with van der Waals surface area (Å²) in [7, 11) is -1.99. The molecule has 1 rings (SSSR count). The zero-order chi connectivity index (χ0) is 20.1. The van der Waals surface area contributed by atoms with Gasteiger partial charge in [-0.2, -0.15) is 11.8 Å². The van der Waals surface area contributed by atoms with Crippen molar-refractivity contribution in [1.29, 1.82) is 0 Å². The number of thioether (sulfide) groups is 1. The number of hydrogen-bond donors (Lipinski definition) is 1. The van der Waals surface area contributed by atoms with E-state index in [0.29, 0.717) is 18.6 Å². The summed E-state index contributed by atoms with van der Waals surface area (Å²) in [5, 5.41) is 2.70. The molecule has 1 N–H and O–H groups in total. The van der Waals surface area contributed by atoms with E-state index in [9.17, 15) is 14.4 Å². The summed E-state index contributed by atoms with van der Waals surface area (Å²) >= 11 is 1.51. The highest BCUT2D eigenvalue weighted by molar-refractivity contribution is 8.00. The number of ketones is 1. The number of esters is 1. The normalized spacial score (nSPS) is 22.2. The van der Waals surface area contributed by atoms with Crippen molar-refractivity contribution in [1.82, 2.24) is 5.32 Å². The molecule has 1 aliphatic rings. The van der Waals surface area contributed by atoms with Gasteiger partial charge in [-0.15, -0.1) is 0 Å². The van der Waals surface area contributed by atoms with E-state index in [1.165, 1.54) is 18.7 Å². The van der Waals surface area contributed by atoms with Crippen LogP contribution in [-0.4, -0.2) is 55.7 Å². The van der Waals surface area contributed by atoms with Gasteiger partial charge in [0.2, 0.25) is 5.91 Å². The second-order valence-corrected chi connectivity index (χ2v) is 14.3. The molecule has 0 aromatic carbocycles. The Kier molecular flexibility index (Phi) is 8.35. The fourth-order valence-corrected chi connectivity index (χ4v) is 5.30. The van der Waals surface area contributed by atoms with Crippen LogP contribution in [0.2, 0.25) is 18.1 Å². The number of Topliss-reactive ketones (excluding diaryl/α,β-unsaturated/α-hetero) is 1. The summed E-state index contributed by atoms with van der Waals surface area (Å²) < 4.78 is 11.5. The van der Waals surface area contributed by atoms with Crippen molar-refractivity contribution in [2.45, 2.75) is 83.0 Å². The van der Waals surface area contributed by atoms with Crippen LogP contribution in [-0.2, 0) is 23.5 Å². The van der Waals surface area contributed by atoms with Gasteiger partial charge in [0.1, 0.15) is 11.8 Å². The van der Waals surface area contributed by atoms with Crippen LogP contribution in [0.25, 0.3) is 0 Å². The largest absolute Gasteiger partial charge is 0.464 e. The first-order chi connectivity index (χ1) is 11.9. The first kappa shape index (κ1) is 23.2. The maximum atomic E-state index is 12.0. The van der Waals surface area contributed by atoms with E-state index in [2.05, 4.69) is 39.2 Å². The maximum Gasteiger partial charge on any atom is 0.329 e. The van der Waals surface area contributed by atoms with Gasteiger partial charge in [-0.1, -0.05) is 20.8 Å². The molecule has 0 spiro atoms. The third-order valence-corrected chi connectivity index (χ3v) is 10.9. The van der Waals surface area contributed by atoms with Crippen molar-refractivity contribution < 1.29 is 23.5 Å². The molecule has 1 amide bonds. The van der Waals surface area contributed by atoms with Crippen molar-refractivity contribution in [3.8, 4) is 0 Å². The number of nitrogens with one attached hydrogen (secondary N) is 1. The van der Waals surface area contributed by atoms with E-state index < -0.39 is 20.3 Å². The van der Waals surface area contributed by atoms with Crippen molar-refractivity contribution in [3.63, 3.8) is 0 Å². The number of amides is 1. The highest BCUT2D eigenvalue weighted by Crippen LogP contribution is 2.41. The summed E-state index contributed by atoms with van der Waals surface area (Å²) in [5.41, 5.74) is 0. The number of rotatable bonds is 8. The molecule has 6 nitrogen and oxygen atoms in total. The molecule has 0 aromatic heterocycles. The fraction of sp³-hybridized carbons (Fsp3) is 0.833. The molecule has 0 aliphatic heterocycles. The summed E-state index contributed by atoms with van der Waals surface area (Å²) in [6, 6.07) is -0.707. The number of carbonyl (C=O) groups excluding carboxylic acids is 3. The van der Waals surface area contributed by atoms with Crippen LogP contribution in [0.3, 0.4) is 0 Å². The average Bonchev–Trinajstić information content (AvgIpc) is 2.81. The molecule has 1 fully saturated rings. The summed E-state index contributed by atoms with van der Waals surface area (Å²) in [4.78, 5) is 35.4. The van der Waals surface area contributed by atoms with Gasteiger partial charge >= 0.3 is 5.97 Å². The molecule has 0 aromatic rings. The molecule has 150 valence electrons. The van der Waals surface area contributed by atoms with Crippen molar-refractivity contribution in [2.75, 3.05) is 12.4 Å². The highest BCUT2D eigenvalue weighted by Gasteiger charge is 2.44. The van der Waals surface area contributed by atoms with Gasteiger partial charge in [-0.25, -0.2) is 4.79 Å². The standard InChI is InChI=1S/C18H33NO5SSi/c1-8-23-17(22)14(19-12(2)20)11-25-16-10-13(21)9-15(16)24-26(6,7)18(3,4)5/h14-16H,8-11H2,1-7H3,(H,19,20)/t14-,15-,16-/m0/s1. The Labute approximate surface area is 162 Å². The van der Waals surface area contributed by atoms with E-state index in [1.807, 2.05) is 0 Å². The minimum absolute atomic E-state index is 0.00214. The Morgan fingerprint density at radius 2 is 1.92 bits per heavy atom. The maximum absolute atomic E-state index is 12.0. The van der Waals surface area contributed by atoms with E-state index in [-0.39, 0.29) is 34.7 Å². The first-order valence-electron chi connectivity index (χ1n) is 9.12. The first-order valence-corrected chi connectivity index (χ1v) is 13.1. The van der Waals surface area contributed by atoms with E-state index in [4.69, 9.17) is 9.16 Å². The molecule has 3 atom stereocenters. The van der Waals surface area contributed by atoms with Crippen LogP contribution < -0.4 is 5.32 Å². The molecule has 0 unspecified atom stereocenters. The Balaban J connectivity index is 2.76. The molecule has 1 saturated carbocycles. The lowest BCUT2D eigenvalue weighted by Gasteiger charge is -2.39. The second kappa shape index (κ2) is 9.37. The van der Waals surface area contributed by atoms with E-state index in [0.717, 1.165) is 0 Å². The molecule has 0 radical (unpaired) electrons. The van der Waals surface area contributed by atoms with Crippen LogP contribution in [0.1, 0.15) is 47.5 Å². The van der Waals surface area contributed by atoms with Crippen molar-refractivity contribution >= 4 is 37.7 Å². The van der Waals surface area contributed by atoms with Gasteiger partial charge in [0.05, 0.1) is 12.7 Å². The van der Waals surface area contributed by atoms with Crippen LogP contribution in [0.4, 0.5) is 0 Å². The molecular weight excluding hydrogens is 370 g/mol. The Morgan fingerprint density at radius 1 is 1.31 bits per heavy atom. The highest BCUT2D eigenvalue weighted by atomic mass is 32.2. The second-order valence-electron chi connectivity index (χ2n) is 8.24. The molecule has 0 heterocycles. The number of carbonyl (C=O) groups is 3. The summed E-state index contributed by atoms with van der Waals surface area (Å²) in [5.74, 6) is -0.159. The van der Waals surface area contributed by atoms with Crippen molar-refractivity contribution in [2.24, 2.45) is 0 Å². The zero-order valence-electron chi connectivity index (χ0n) is 17.0. The molecule has 0 saturated heterocycles. The third-order valence-electron chi connectivity index (χ3n) is 4.95. The quantitative estimate of drug-likeness (QED) is 0.496. The summed E-state index contributed by atoms with van der Waals surface area (Å²) in [6.07, 6.45) is 0.738. The zero-order valence-corrected chi connectivity index (χ0v) is 18.8. The van der Waals surface area contributed by atoms with Gasteiger partial charge in [-0.05, 0) is 25.1 Å². The number of ether oxygens (including phenoxy) is 1. The monoisotopic (exact) mass is 403 g/mol. The summed E-state index contributed by atoms with van der Waals surface area (Å²) in [6.45, 7) is 14.2. The lowest BCUT2D eigenvalue weighted by molar-refractivity contribution is -0.146. The Morgan fingerprint density at radius 3 is 2.42 bits per heavy atom. The third kappa shape index (κ3) is 6.70. The van der Waals surface area contributed by atoms with E-state index >= 15 is 0 Å². The number of hydrogen-bond acceptors (Lipinski definition) is 6. The lowest BCUT2D eigenvalue weighted by Crippen LogP contribution is -2.46. The minimum Gasteiger partial charge on any atom is -0.464 e. The van der Waals surface area contributed by atoms with Crippen molar-refractivity contribution in [3.05, 3.63) is 0 Å². The van der Waals surface area contributed by atoms with Crippen LogP contribution in [0, 0.1) is 0 Å². The predicted molar refractivity (Wildman–Crippen MR) is 107 cm³/mol. The van der Waals surface area contributed by atoms with Crippen LogP contribution in [0.15, 0.2) is 0 Å². The molecule has 1 aliphatic carbocycles. The molecule has 26 heavy (non-hydrogen) atoms. The SMILES string of the molecule is CCOC(=O)[C@H](CS[C@H]1CC(=O)C[C@@H]1O[Si](C)(C)C(C)(C)C)NC(C)=O. The van der Waals surface area contributed by atoms with Gasteiger partial charge in [0.25, 0.3) is 0 Å². The molecule has 0 bridgehead atoms. The Hall–Kier alpha value is -0.863. The lowest BCUT2D eigenvalue weighted by atomic mass is 10.2. The predicted octanol–water partition coefficient (Wildman–Crippen LogP) is 2.91. The topological polar surface area (TPSA) is 81.7 Å². The molecular formula is C18H33NO5SSi. The van der Waals surface area contributed by atoms with Crippen LogP contribution in [0.5, 0.6) is 0 Å². The van der Waals surface area contributed by atoms with Gasteiger partial charge < -0.3 is 14.5 Å². The van der Waals surface area contributed by atoms with Gasteiger partial charge in [0, 0.05) is 30.8 Å². The smallest absolute Gasteiger partial charge is 0.329 e. The Bertz CT molecular complexity index is 532. The van der Waals surface area contributed by atoms with Gasteiger partial charge in [0.15, 0.2) is 8.32 Å². The molecule has 8 heteroatoms. The van der Waals surface area contributed by atoms with Crippen LogP contribution >= 0.6 is 11.8 Å². The van der Waals surface area contributed by atoms with E-state index in [1.54, 1.807) is 6.92 Å². The van der Waals surface area contributed by atoms with Gasteiger partial charge in [-0.3, -0.25) is 9.59 Å². The average molecular weight is 404 g/mol. The minimum atomic E-state index is -1.99.